The molecule has 20 heavy (non-hydrogen) atoms. The van der Waals surface area contributed by atoms with E-state index in [0.29, 0.717) is 17.9 Å². The average Bonchev–Trinajstić information content (AvgIpc) is 2.41. The second kappa shape index (κ2) is 6.37. The molecule has 0 radical (unpaired) electrons. The number of carbonyl (C=O) groups is 1. The number of benzene rings is 1. The predicted octanol–water partition coefficient (Wildman–Crippen LogP) is 1.95. The lowest BCUT2D eigenvalue weighted by molar-refractivity contribution is 0.0739. The largest absolute Gasteiger partial charge is 0.491 e. The normalized spacial score (nSPS) is 18.8. The van der Waals surface area contributed by atoms with Crippen LogP contribution in [-0.2, 0) is 0 Å². The van der Waals surface area contributed by atoms with Crippen LogP contribution in [0.2, 0.25) is 0 Å². The van der Waals surface area contributed by atoms with E-state index in [1.54, 1.807) is 6.92 Å². The summed E-state index contributed by atoms with van der Waals surface area (Å²) >= 11 is 0. The van der Waals surface area contributed by atoms with Crippen LogP contribution in [0.3, 0.4) is 0 Å². The van der Waals surface area contributed by atoms with Gasteiger partial charge in [-0.15, -0.1) is 0 Å². The molecule has 1 heterocycles. The Morgan fingerprint density at radius 3 is 2.85 bits per heavy atom. The minimum atomic E-state index is 0.0445. The van der Waals surface area contributed by atoms with Crippen molar-refractivity contribution in [3.63, 3.8) is 0 Å². The fourth-order valence-electron chi connectivity index (χ4n) is 2.59. The SMILES string of the molecule is CC(=O)c1ccccc1OCCN1CCNCC1(C)C. The number of nitrogens with one attached hydrogen (secondary N) is 1. The summed E-state index contributed by atoms with van der Waals surface area (Å²) in [5.41, 5.74) is 0.814. The summed E-state index contributed by atoms with van der Waals surface area (Å²) in [4.78, 5) is 14.0. The Morgan fingerprint density at radius 2 is 2.15 bits per heavy atom. The highest BCUT2D eigenvalue weighted by molar-refractivity contribution is 5.96. The molecule has 1 saturated heterocycles. The van der Waals surface area contributed by atoms with E-state index in [2.05, 4.69) is 24.1 Å². The number of rotatable bonds is 5. The van der Waals surface area contributed by atoms with Crippen molar-refractivity contribution in [2.45, 2.75) is 26.3 Å². The average molecular weight is 276 g/mol. The van der Waals surface area contributed by atoms with Crippen molar-refractivity contribution in [2.24, 2.45) is 0 Å². The maximum atomic E-state index is 11.5. The molecule has 0 atom stereocenters. The number of Topliss-reactive ketones (excluding diaryl/α,β-unsaturated/α-hetero) is 1. The van der Waals surface area contributed by atoms with Gasteiger partial charge in [0.1, 0.15) is 12.4 Å². The molecular formula is C16H24N2O2. The van der Waals surface area contributed by atoms with Crippen molar-refractivity contribution in [3.8, 4) is 5.75 Å². The number of hydrogen-bond donors (Lipinski definition) is 1. The fraction of sp³-hybridized carbons (Fsp3) is 0.562. The summed E-state index contributed by atoms with van der Waals surface area (Å²) in [5.74, 6) is 0.732. The third-order valence-corrected chi connectivity index (χ3v) is 3.86. The maximum absolute atomic E-state index is 11.5. The van der Waals surface area contributed by atoms with Gasteiger partial charge >= 0.3 is 0 Å². The highest BCUT2D eigenvalue weighted by atomic mass is 16.5. The molecule has 0 aliphatic carbocycles. The third-order valence-electron chi connectivity index (χ3n) is 3.86. The van der Waals surface area contributed by atoms with Crippen LogP contribution in [-0.4, -0.2) is 49.0 Å². The molecule has 0 unspecified atom stereocenters. The first-order chi connectivity index (χ1) is 9.50. The molecule has 0 aromatic heterocycles. The molecule has 1 aromatic rings. The highest BCUT2D eigenvalue weighted by Gasteiger charge is 2.29. The van der Waals surface area contributed by atoms with Gasteiger partial charge in [0.25, 0.3) is 0 Å². The summed E-state index contributed by atoms with van der Waals surface area (Å²) in [5, 5.41) is 3.41. The van der Waals surface area contributed by atoms with Gasteiger partial charge < -0.3 is 10.1 Å². The minimum Gasteiger partial charge on any atom is -0.491 e. The number of hydrogen-bond acceptors (Lipinski definition) is 4. The van der Waals surface area contributed by atoms with Crippen LogP contribution in [0.4, 0.5) is 0 Å². The van der Waals surface area contributed by atoms with E-state index < -0.39 is 0 Å². The molecule has 1 aromatic carbocycles. The lowest BCUT2D eigenvalue weighted by Crippen LogP contribution is -2.58. The monoisotopic (exact) mass is 276 g/mol. The second-order valence-electron chi connectivity index (χ2n) is 5.88. The first-order valence-electron chi connectivity index (χ1n) is 7.19. The van der Waals surface area contributed by atoms with Crippen LogP contribution in [0, 0.1) is 0 Å². The second-order valence-corrected chi connectivity index (χ2v) is 5.88. The van der Waals surface area contributed by atoms with E-state index in [1.165, 1.54) is 0 Å². The van der Waals surface area contributed by atoms with Gasteiger partial charge in [0.2, 0.25) is 0 Å². The molecule has 110 valence electrons. The standard InChI is InChI=1S/C16H24N2O2/c1-13(19)14-6-4-5-7-15(14)20-11-10-18-9-8-17-12-16(18,2)3/h4-7,17H,8-12H2,1-3H3. The Kier molecular flexibility index (Phi) is 4.78. The van der Waals surface area contributed by atoms with Gasteiger partial charge in [-0.05, 0) is 32.9 Å². The van der Waals surface area contributed by atoms with Gasteiger partial charge in [0.05, 0.1) is 5.56 Å². The lowest BCUT2D eigenvalue weighted by atomic mass is 10.0. The van der Waals surface area contributed by atoms with Crippen molar-refractivity contribution in [1.29, 1.82) is 0 Å². The van der Waals surface area contributed by atoms with Crippen LogP contribution >= 0.6 is 0 Å². The molecule has 1 aliphatic heterocycles. The molecule has 2 rings (SSSR count). The Morgan fingerprint density at radius 1 is 1.40 bits per heavy atom. The van der Waals surface area contributed by atoms with Crippen molar-refractivity contribution in [2.75, 3.05) is 32.8 Å². The fourth-order valence-corrected chi connectivity index (χ4v) is 2.59. The van der Waals surface area contributed by atoms with Crippen molar-refractivity contribution < 1.29 is 9.53 Å². The van der Waals surface area contributed by atoms with Gasteiger partial charge in [0, 0.05) is 31.7 Å². The number of nitrogens with zero attached hydrogens (tertiary/aromatic N) is 1. The number of para-hydroxylation sites is 1. The quantitative estimate of drug-likeness (QED) is 0.835. The Bertz CT molecular complexity index is 471. The first kappa shape index (κ1) is 15.0. The molecule has 0 amide bonds. The molecular weight excluding hydrogens is 252 g/mol. The summed E-state index contributed by atoms with van der Waals surface area (Å²) in [6.07, 6.45) is 0. The molecule has 0 bridgehead atoms. The van der Waals surface area contributed by atoms with Gasteiger partial charge in [-0.1, -0.05) is 12.1 Å². The molecule has 0 saturated carbocycles. The van der Waals surface area contributed by atoms with E-state index in [1.807, 2.05) is 24.3 Å². The van der Waals surface area contributed by atoms with E-state index >= 15 is 0 Å². The van der Waals surface area contributed by atoms with Gasteiger partial charge in [-0.25, -0.2) is 0 Å². The zero-order valence-electron chi connectivity index (χ0n) is 12.6. The third kappa shape index (κ3) is 3.58. The summed E-state index contributed by atoms with van der Waals surface area (Å²) in [6, 6.07) is 7.44. The topological polar surface area (TPSA) is 41.6 Å². The zero-order chi connectivity index (χ0) is 14.6. The number of ether oxygens (including phenoxy) is 1. The zero-order valence-corrected chi connectivity index (χ0v) is 12.6. The van der Waals surface area contributed by atoms with Crippen LogP contribution in [0.1, 0.15) is 31.1 Å². The first-order valence-corrected chi connectivity index (χ1v) is 7.19. The van der Waals surface area contributed by atoms with Crippen molar-refractivity contribution in [1.82, 2.24) is 10.2 Å². The van der Waals surface area contributed by atoms with Crippen LogP contribution < -0.4 is 10.1 Å². The van der Waals surface area contributed by atoms with Crippen LogP contribution in [0.25, 0.3) is 0 Å². The summed E-state index contributed by atoms with van der Waals surface area (Å²) in [7, 11) is 0. The molecule has 1 aliphatic rings. The van der Waals surface area contributed by atoms with E-state index in [0.717, 1.165) is 26.2 Å². The van der Waals surface area contributed by atoms with Crippen molar-refractivity contribution >= 4 is 5.78 Å². The number of piperazine rings is 1. The van der Waals surface area contributed by atoms with E-state index in [4.69, 9.17) is 4.74 Å². The van der Waals surface area contributed by atoms with Gasteiger partial charge in [0.15, 0.2) is 5.78 Å². The lowest BCUT2D eigenvalue weighted by Gasteiger charge is -2.42. The molecule has 1 fully saturated rings. The molecule has 1 N–H and O–H groups in total. The minimum absolute atomic E-state index is 0.0445. The molecule has 0 spiro atoms. The Hall–Kier alpha value is -1.39. The van der Waals surface area contributed by atoms with Crippen LogP contribution in [0.5, 0.6) is 5.75 Å². The number of carbonyl (C=O) groups excluding carboxylic acids is 1. The molecule has 4 nitrogen and oxygen atoms in total. The number of ketones is 1. The smallest absolute Gasteiger partial charge is 0.163 e. The predicted molar refractivity (Wildman–Crippen MR) is 80.5 cm³/mol. The van der Waals surface area contributed by atoms with Crippen molar-refractivity contribution in [3.05, 3.63) is 29.8 Å². The summed E-state index contributed by atoms with van der Waals surface area (Å²) in [6.45, 7) is 10.6. The van der Waals surface area contributed by atoms with E-state index in [9.17, 15) is 4.79 Å². The maximum Gasteiger partial charge on any atom is 0.163 e. The Balaban J connectivity index is 1.91. The van der Waals surface area contributed by atoms with Crippen LogP contribution in [0.15, 0.2) is 24.3 Å². The van der Waals surface area contributed by atoms with Gasteiger partial charge in [-0.3, -0.25) is 9.69 Å². The van der Waals surface area contributed by atoms with Gasteiger partial charge in [-0.2, -0.15) is 0 Å². The Labute approximate surface area is 121 Å². The highest BCUT2D eigenvalue weighted by Crippen LogP contribution is 2.19. The molecule has 4 heteroatoms. The van der Waals surface area contributed by atoms with E-state index in [-0.39, 0.29) is 11.3 Å². The summed E-state index contributed by atoms with van der Waals surface area (Å²) < 4.78 is 5.81.